The number of nitrogens with zero attached hydrogens (tertiary/aromatic N) is 1. The number of carbonyl (C=O) groups excluding carboxylic acids is 1. The maximum Gasteiger partial charge on any atom is 0.251 e. The number of carbonyl (C=O) groups is 1. The van der Waals surface area contributed by atoms with Crippen molar-refractivity contribution >= 4 is 5.91 Å². The first-order valence-electron chi connectivity index (χ1n) is 4.23. The van der Waals surface area contributed by atoms with E-state index in [4.69, 9.17) is 0 Å². The first kappa shape index (κ1) is 9.23. The van der Waals surface area contributed by atoms with E-state index in [1.54, 1.807) is 6.92 Å². The van der Waals surface area contributed by atoms with Crippen molar-refractivity contribution in [1.29, 1.82) is 0 Å². The number of rotatable bonds is 1. The standard InChI is InChI=1S/C9H14FNO/c1-7(2)9(12)11-6-4-3-5-8(11)10/h8H,1,3-6H2,2H3. The molecule has 12 heavy (non-hydrogen) atoms. The second-order valence-corrected chi connectivity index (χ2v) is 3.21. The lowest BCUT2D eigenvalue weighted by atomic mass is 10.1. The van der Waals surface area contributed by atoms with Gasteiger partial charge in [0.15, 0.2) is 6.30 Å². The highest BCUT2D eigenvalue weighted by atomic mass is 19.1. The van der Waals surface area contributed by atoms with Gasteiger partial charge < -0.3 is 4.90 Å². The zero-order valence-electron chi connectivity index (χ0n) is 7.35. The average Bonchev–Trinajstić information content (AvgIpc) is 2.04. The van der Waals surface area contributed by atoms with E-state index < -0.39 is 6.30 Å². The van der Waals surface area contributed by atoms with Crippen molar-refractivity contribution < 1.29 is 9.18 Å². The summed E-state index contributed by atoms with van der Waals surface area (Å²) < 4.78 is 13.1. The normalized spacial score (nSPS) is 23.8. The zero-order chi connectivity index (χ0) is 9.14. The third kappa shape index (κ3) is 1.84. The molecule has 1 fully saturated rings. The zero-order valence-corrected chi connectivity index (χ0v) is 7.35. The van der Waals surface area contributed by atoms with Crippen LogP contribution in [-0.2, 0) is 4.79 Å². The monoisotopic (exact) mass is 171 g/mol. The molecular weight excluding hydrogens is 157 g/mol. The van der Waals surface area contributed by atoms with Gasteiger partial charge in [-0.25, -0.2) is 4.39 Å². The molecule has 1 aliphatic rings. The van der Waals surface area contributed by atoms with Crippen LogP contribution in [0.25, 0.3) is 0 Å². The summed E-state index contributed by atoms with van der Waals surface area (Å²) >= 11 is 0. The molecular formula is C9H14FNO. The van der Waals surface area contributed by atoms with E-state index in [1.807, 2.05) is 0 Å². The second kappa shape index (κ2) is 3.70. The summed E-state index contributed by atoms with van der Waals surface area (Å²) in [5.41, 5.74) is 0.416. The Morgan fingerprint density at radius 3 is 2.75 bits per heavy atom. The third-order valence-electron chi connectivity index (χ3n) is 2.06. The largest absolute Gasteiger partial charge is 0.309 e. The summed E-state index contributed by atoms with van der Waals surface area (Å²) in [5.74, 6) is -0.248. The molecule has 0 radical (unpaired) electrons. The van der Waals surface area contributed by atoms with E-state index >= 15 is 0 Å². The summed E-state index contributed by atoms with van der Waals surface area (Å²) in [5, 5.41) is 0. The van der Waals surface area contributed by atoms with E-state index in [0.29, 0.717) is 18.5 Å². The maximum absolute atomic E-state index is 13.1. The summed E-state index contributed by atoms with van der Waals surface area (Å²) in [7, 11) is 0. The Hall–Kier alpha value is -0.860. The van der Waals surface area contributed by atoms with Crippen molar-refractivity contribution in [2.45, 2.75) is 32.5 Å². The van der Waals surface area contributed by atoms with E-state index in [0.717, 1.165) is 12.8 Å². The van der Waals surface area contributed by atoms with Crippen molar-refractivity contribution in [1.82, 2.24) is 4.90 Å². The Labute approximate surface area is 72.1 Å². The van der Waals surface area contributed by atoms with Crippen LogP contribution in [0.1, 0.15) is 26.2 Å². The molecule has 3 heteroatoms. The smallest absolute Gasteiger partial charge is 0.251 e. The van der Waals surface area contributed by atoms with Crippen LogP contribution in [0.5, 0.6) is 0 Å². The molecule has 1 amide bonds. The number of hydrogen-bond acceptors (Lipinski definition) is 1. The minimum atomic E-state index is -1.09. The van der Waals surface area contributed by atoms with Gasteiger partial charge in [-0.2, -0.15) is 0 Å². The maximum atomic E-state index is 13.1. The van der Waals surface area contributed by atoms with E-state index in [1.165, 1.54) is 4.90 Å². The Morgan fingerprint density at radius 1 is 1.58 bits per heavy atom. The van der Waals surface area contributed by atoms with Gasteiger partial charge >= 0.3 is 0 Å². The molecule has 0 saturated carbocycles. The Bertz CT molecular complexity index is 203. The molecule has 1 heterocycles. The van der Waals surface area contributed by atoms with Crippen LogP contribution < -0.4 is 0 Å². The fourth-order valence-corrected chi connectivity index (χ4v) is 1.36. The van der Waals surface area contributed by atoms with Crippen molar-refractivity contribution in [2.75, 3.05) is 6.54 Å². The molecule has 0 aliphatic carbocycles. The van der Waals surface area contributed by atoms with Gasteiger partial charge in [0.1, 0.15) is 0 Å². The minimum Gasteiger partial charge on any atom is -0.309 e. The molecule has 0 aromatic heterocycles. The molecule has 68 valence electrons. The molecule has 0 spiro atoms. The fourth-order valence-electron chi connectivity index (χ4n) is 1.36. The summed E-state index contributed by atoms with van der Waals surface area (Å²) in [6.45, 7) is 5.66. The molecule has 0 aromatic carbocycles. The van der Waals surface area contributed by atoms with Crippen molar-refractivity contribution in [3.8, 4) is 0 Å². The minimum absolute atomic E-state index is 0.248. The summed E-state index contributed by atoms with van der Waals surface area (Å²) in [6.07, 6.45) is 1.16. The highest BCUT2D eigenvalue weighted by molar-refractivity contribution is 5.92. The lowest BCUT2D eigenvalue weighted by Crippen LogP contribution is -2.41. The third-order valence-corrected chi connectivity index (χ3v) is 2.06. The average molecular weight is 171 g/mol. The van der Waals surface area contributed by atoms with Crippen molar-refractivity contribution in [3.05, 3.63) is 12.2 Å². The van der Waals surface area contributed by atoms with Crippen LogP contribution in [-0.4, -0.2) is 23.6 Å². The SMILES string of the molecule is C=C(C)C(=O)N1CCCCC1F. The molecule has 2 nitrogen and oxygen atoms in total. The highest BCUT2D eigenvalue weighted by Gasteiger charge is 2.25. The second-order valence-electron chi connectivity index (χ2n) is 3.21. The summed E-state index contributed by atoms with van der Waals surface area (Å²) in [6, 6.07) is 0. The molecule has 0 N–H and O–H groups in total. The van der Waals surface area contributed by atoms with E-state index in [9.17, 15) is 9.18 Å². The van der Waals surface area contributed by atoms with Gasteiger partial charge in [-0.15, -0.1) is 0 Å². The molecule has 1 rings (SSSR count). The molecule has 1 saturated heterocycles. The number of piperidine rings is 1. The first-order valence-corrected chi connectivity index (χ1v) is 4.23. The van der Waals surface area contributed by atoms with Crippen molar-refractivity contribution in [3.63, 3.8) is 0 Å². The first-order chi connectivity index (χ1) is 5.63. The van der Waals surface area contributed by atoms with Gasteiger partial charge in [-0.3, -0.25) is 4.79 Å². The van der Waals surface area contributed by atoms with Crippen LogP contribution in [0.3, 0.4) is 0 Å². The Morgan fingerprint density at radius 2 is 2.25 bits per heavy atom. The van der Waals surface area contributed by atoms with Gasteiger partial charge in [0.2, 0.25) is 0 Å². The van der Waals surface area contributed by atoms with Gasteiger partial charge in [0.25, 0.3) is 5.91 Å². The van der Waals surface area contributed by atoms with Gasteiger partial charge in [0, 0.05) is 12.1 Å². The number of halogens is 1. The van der Waals surface area contributed by atoms with Crippen LogP contribution in [0, 0.1) is 0 Å². The van der Waals surface area contributed by atoms with Crippen LogP contribution in [0.4, 0.5) is 4.39 Å². The summed E-state index contributed by atoms with van der Waals surface area (Å²) in [4.78, 5) is 12.6. The predicted molar refractivity (Wildman–Crippen MR) is 45.3 cm³/mol. The van der Waals surface area contributed by atoms with Gasteiger partial charge in [-0.05, 0) is 26.2 Å². The Kier molecular flexibility index (Phi) is 2.84. The van der Waals surface area contributed by atoms with Crippen LogP contribution in [0.2, 0.25) is 0 Å². The fraction of sp³-hybridized carbons (Fsp3) is 0.667. The van der Waals surface area contributed by atoms with Gasteiger partial charge in [-0.1, -0.05) is 6.58 Å². The van der Waals surface area contributed by atoms with Gasteiger partial charge in [0.05, 0.1) is 0 Å². The number of amides is 1. The van der Waals surface area contributed by atoms with Crippen LogP contribution >= 0.6 is 0 Å². The van der Waals surface area contributed by atoms with Crippen molar-refractivity contribution in [2.24, 2.45) is 0 Å². The quantitative estimate of drug-likeness (QED) is 0.435. The lowest BCUT2D eigenvalue weighted by Gasteiger charge is -2.30. The predicted octanol–water partition coefficient (Wildman–Crippen LogP) is 1.87. The molecule has 1 atom stereocenters. The van der Waals surface area contributed by atoms with E-state index in [-0.39, 0.29) is 5.91 Å². The molecule has 1 aliphatic heterocycles. The number of alkyl halides is 1. The lowest BCUT2D eigenvalue weighted by molar-refractivity contribution is -0.134. The Balaban J connectivity index is 2.59. The molecule has 1 unspecified atom stereocenters. The van der Waals surface area contributed by atoms with E-state index in [2.05, 4.69) is 6.58 Å². The topological polar surface area (TPSA) is 20.3 Å². The molecule has 0 aromatic rings. The number of hydrogen-bond donors (Lipinski definition) is 0. The highest BCUT2D eigenvalue weighted by Crippen LogP contribution is 2.19. The molecule has 0 bridgehead atoms. The number of likely N-dealkylation sites (tertiary alicyclic amines) is 1. The van der Waals surface area contributed by atoms with Crippen LogP contribution in [0.15, 0.2) is 12.2 Å².